The number of phenolic OH excluding ortho intramolecular Hbond substituents is 1. The Bertz CT molecular complexity index is 429. The molecule has 4 nitrogen and oxygen atoms in total. The van der Waals surface area contributed by atoms with Crippen LogP contribution in [0.1, 0.15) is 5.56 Å². The van der Waals surface area contributed by atoms with Gasteiger partial charge < -0.3 is 10.2 Å². The number of rotatable bonds is 2. The maximum atomic E-state index is 10.3. The number of para-hydroxylation sites is 1. The summed E-state index contributed by atoms with van der Waals surface area (Å²) in [4.78, 5) is 10.3. The molecular weight excluding hydrogens is 182 g/mol. The van der Waals surface area contributed by atoms with Crippen molar-refractivity contribution in [3.05, 3.63) is 35.9 Å². The van der Waals surface area contributed by atoms with Crippen molar-refractivity contribution in [2.75, 3.05) is 0 Å². The molecule has 0 aliphatic carbocycles. The maximum Gasteiger partial charge on any atom is 0.329 e. The van der Waals surface area contributed by atoms with E-state index in [2.05, 4.69) is 0 Å². The molecule has 1 aromatic carbocycles. The van der Waals surface area contributed by atoms with Crippen LogP contribution in [0.5, 0.6) is 5.75 Å². The first kappa shape index (κ1) is 9.81. The van der Waals surface area contributed by atoms with Gasteiger partial charge in [0, 0.05) is 11.6 Å². The first-order chi connectivity index (χ1) is 6.65. The van der Waals surface area contributed by atoms with Gasteiger partial charge in [-0.25, -0.2) is 4.79 Å². The van der Waals surface area contributed by atoms with Crippen LogP contribution in [-0.4, -0.2) is 16.2 Å². The van der Waals surface area contributed by atoms with Crippen molar-refractivity contribution >= 4 is 11.5 Å². The molecule has 0 spiro atoms. The van der Waals surface area contributed by atoms with E-state index in [0.29, 0.717) is 0 Å². The molecule has 0 aliphatic heterocycles. The molecule has 0 saturated heterocycles. The van der Waals surface area contributed by atoms with Crippen LogP contribution in [0.2, 0.25) is 0 Å². The molecular formula is C10H7NO3. The Labute approximate surface area is 80.3 Å². The number of hydrogen-bond acceptors (Lipinski definition) is 3. The largest absolute Gasteiger partial charge is 0.507 e. The topological polar surface area (TPSA) is 81.3 Å². The van der Waals surface area contributed by atoms with Crippen molar-refractivity contribution in [3.63, 3.8) is 0 Å². The molecule has 0 amide bonds. The number of aliphatic carboxylic acids is 1. The monoisotopic (exact) mass is 189 g/mol. The summed E-state index contributed by atoms with van der Waals surface area (Å²) in [6.45, 7) is 0. The molecule has 2 N–H and O–H groups in total. The Hall–Kier alpha value is -2.28. The van der Waals surface area contributed by atoms with E-state index in [-0.39, 0.29) is 16.9 Å². The van der Waals surface area contributed by atoms with Crippen LogP contribution in [0.3, 0.4) is 0 Å². The first-order valence-corrected chi connectivity index (χ1v) is 3.78. The number of hydrogen-bond donors (Lipinski definition) is 2. The lowest BCUT2D eigenvalue weighted by Crippen LogP contribution is -1.91. The quantitative estimate of drug-likeness (QED) is 0.544. The van der Waals surface area contributed by atoms with E-state index in [9.17, 15) is 9.90 Å². The average molecular weight is 189 g/mol. The minimum absolute atomic E-state index is 0.0735. The van der Waals surface area contributed by atoms with Gasteiger partial charge in [-0.15, -0.1) is 0 Å². The average Bonchev–Trinajstić information content (AvgIpc) is 2.15. The molecule has 0 heterocycles. The molecule has 0 aliphatic rings. The van der Waals surface area contributed by atoms with Crippen LogP contribution < -0.4 is 0 Å². The summed E-state index contributed by atoms with van der Waals surface area (Å²) in [5.74, 6) is -1.33. The molecule has 4 heteroatoms. The number of carboxylic acids is 1. The van der Waals surface area contributed by atoms with Crippen LogP contribution in [0, 0.1) is 11.3 Å². The molecule has 0 saturated carbocycles. The van der Waals surface area contributed by atoms with E-state index in [0.717, 1.165) is 6.08 Å². The second-order valence-corrected chi connectivity index (χ2v) is 2.53. The third-order valence-corrected chi connectivity index (χ3v) is 1.58. The van der Waals surface area contributed by atoms with E-state index >= 15 is 0 Å². The normalized spacial score (nSPS) is 10.6. The van der Waals surface area contributed by atoms with Crippen molar-refractivity contribution < 1.29 is 15.0 Å². The number of nitrogens with zero attached hydrogens (tertiary/aromatic N) is 1. The third kappa shape index (κ3) is 2.11. The number of phenols is 1. The van der Waals surface area contributed by atoms with Gasteiger partial charge >= 0.3 is 5.97 Å². The highest BCUT2D eigenvalue weighted by atomic mass is 16.4. The molecule has 1 aromatic rings. The second-order valence-electron chi connectivity index (χ2n) is 2.53. The number of carboxylic acid groups (broad SMARTS) is 1. The van der Waals surface area contributed by atoms with Gasteiger partial charge in [-0.1, -0.05) is 12.1 Å². The van der Waals surface area contributed by atoms with Crippen LogP contribution in [-0.2, 0) is 4.79 Å². The van der Waals surface area contributed by atoms with Gasteiger partial charge in [-0.05, 0) is 12.1 Å². The van der Waals surface area contributed by atoms with Gasteiger partial charge in [0.15, 0.2) is 0 Å². The zero-order chi connectivity index (χ0) is 10.6. The number of allylic oxidation sites excluding steroid dienone is 1. The minimum atomic E-state index is -1.22. The Morgan fingerprint density at radius 1 is 1.43 bits per heavy atom. The number of carbonyl (C=O) groups is 1. The second kappa shape index (κ2) is 4.10. The Kier molecular flexibility index (Phi) is 2.87. The number of nitriles is 1. The van der Waals surface area contributed by atoms with Crippen molar-refractivity contribution in [2.24, 2.45) is 0 Å². The summed E-state index contributed by atoms with van der Waals surface area (Å²) < 4.78 is 0. The molecule has 14 heavy (non-hydrogen) atoms. The van der Waals surface area contributed by atoms with Gasteiger partial charge in [0.25, 0.3) is 0 Å². The molecule has 0 aromatic heterocycles. The molecule has 70 valence electrons. The molecule has 1 rings (SSSR count). The highest BCUT2D eigenvalue weighted by molar-refractivity contribution is 5.95. The van der Waals surface area contributed by atoms with Crippen LogP contribution in [0.25, 0.3) is 5.57 Å². The zero-order valence-electron chi connectivity index (χ0n) is 7.14. The van der Waals surface area contributed by atoms with E-state index < -0.39 is 5.97 Å². The van der Waals surface area contributed by atoms with Crippen LogP contribution >= 0.6 is 0 Å². The summed E-state index contributed by atoms with van der Waals surface area (Å²) in [5.41, 5.74) is 0.146. The van der Waals surface area contributed by atoms with E-state index in [1.54, 1.807) is 18.2 Å². The fourth-order valence-corrected chi connectivity index (χ4v) is 0.995. The lowest BCUT2D eigenvalue weighted by Gasteiger charge is -2.00. The highest BCUT2D eigenvalue weighted by Gasteiger charge is 2.07. The van der Waals surface area contributed by atoms with E-state index in [4.69, 9.17) is 10.4 Å². The van der Waals surface area contributed by atoms with Crippen molar-refractivity contribution in [1.29, 1.82) is 5.26 Å². The van der Waals surface area contributed by atoms with Crippen LogP contribution in [0.15, 0.2) is 30.3 Å². The lowest BCUT2D eigenvalue weighted by molar-refractivity contribution is -0.131. The highest BCUT2D eigenvalue weighted by Crippen LogP contribution is 2.23. The predicted molar refractivity (Wildman–Crippen MR) is 49.3 cm³/mol. The van der Waals surface area contributed by atoms with Crippen molar-refractivity contribution in [1.82, 2.24) is 0 Å². The maximum absolute atomic E-state index is 10.3. The molecule has 0 bridgehead atoms. The van der Waals surface area contributed by atoms with Crippen molar-refractivity contribution in [2.45, 2.75) is 0 Å². The lowest BCUT2D eigenvalue weighted by atomic mass is 10.1. The van der Waals surface area contributed by atoms with Crippen molar-refractivity contribution in [3.8, 4) is 11.8 Å². The summed E-state index contributed by atoms with van der Waals surface area (Å²) >= 11 is 0. The fourth-order valence-electron chi connectivity index (χ4n) is 0.995. The predicted octanol–water partition coefficient (Wildman–Crippen LogP) is 1.38. The number of benzene rings is 1. The summed E-state index contributed by atoms with van der Waals surface area (Å²) in [6, 6.07) is 7.79. The van der Waals surface area contributed by atoms with Gasteiger partial charge in [0.05, 0.1) is 5.57 Å². The van der Waals surface area contributed by atoms with Gasteiger partial charge in [-0.3, -0.25) is 0 Å². The van der Waals surface area contributed by atoms with E-state index in [1.807, 2.05) is 0 Å². The molecule has 0 fully saturated rings. The minimum Gasteiger partial charge on any atom is -0.507 e. The standard InChI is InChI=1S/C10H7NO3/c11-6-7(5-10(13)14)8-3-1-2-4-9(8)12/h1-5,12H,(H,13,14). The Morgan fingerprint density at radius 2 is 2.07 bits per heavy atom. The SMILES string of the molecule is N#CC(=CC(=O)O)c1ccccc1O. The van der Waals surface area contributed by atoms with Gasteiger partial charge in [0.1, 0.15) is 11.8 Å². The molecule has 0 atom stereocenters. The summed E-state index contributed by atoms with van der Waals surface area (Å²) in [7, 11) is 0. The Balaban J connectivity index is 3.22. The Morgan fingerprint density at radius 3 is 2.57 bits per heavy atom. The fraction of sp³-hybridized carbons (Fsp3) is 0. The third-order valence-electron chi connectivity index (χ3n) is 1.58. The number of aromatic hydroxyl groups is 1. The van der Waals surface area contributed by atoms with E-state index in [1.165, 1.54) is 12.1 Å². The smallest absolute Gasteiger partial charge is 0.329 e. The first-order valence-electron chi connectivity index (χ1n) is 3.78. The summed E-state index contributed by atoms with van der Waals surface area (Å²) in [5, 5.41) is 26.5. The van der Waals surface area contributed by atoms with Gasteiger partial charge in [-0.2, -0.15) is 5.26 Å². The molecule has 0 unspecified atom stereocenters. The van der Waals surface area contributed by atoms with Gasteiger partial charge in [0.2, 0.25) is 0 Å². The summed E-state index contributed by atoms with van der Waals surface area (Å²) in [6.07, 6.45) is 0.759. The molecule has 0 radical (unpaired) electrons. The van der Waals surface area contributed by atoms with Crippen LogP contribution in [0.4, 0.5) is 0 Å². The zero-order valence-corrected chi connectivity index (χ0v) is 7.14.